The molecule has 0 bridgehead atoms. The van der Waals surface area contributed by atoms with Crippen LogP contribution in [-0.2, 0) is 29.2 Å². The van der Waals surface area contributed by atoms with Gasteiger partial charge in [-0.1, -0.05) is 54.6 Å². The number of nitrogens with zero attached hydrogens (tertiary/aromatic N) is 3. The zero-order valence-corrected chi connectivity index (χ0v) is 18.7. The fraction of sp³-hybridized carbons (Fsp3) is 0.480. The topological polar surface area (TPSA) is 49.3 Å². The molecule has 0 saturated carbocycles. The number of morpholine rings is 1. The fourth-order valence-electron chi connectivity index (χ4n) is 4.43. The van der Waals surface area contributed by atoms with Crippen LogP contribution in [0.25, 0.3) is 0 Å². The van der Waals surface area contributed by atoms with E-state index in [1.54, 1.807) is 0 Å². The van der Waals surface area contributed by atoms with Gasteiger partial charge in [0.25, 0.3) is 0 Å². The minimum absolute atomic E-state index is 0.230. The van der Waals surface area contributed by atoms with Crippen LogP contribution in [0.1, 0.15) is 23.6 Å². The molecule has 1 N–H and O–H groups in total. The zero-order valence-electron chi connectivity index (χ0n) is 18.7. The Bertz CT molecular complexity index is 840. The van der Waals surface area contributed by atoms with Crippen molar-refractivity contribution in [3.05, 3.63) is 71.3 Å². The van der Waals surface area contributed by atoms with Crippen molar-refractivity contribution in [2.75, 3.05) is 39.9 Å². The molecule has 4 rings (SSSR count). The van der Waals surface area contributed by atoms with Crippen molar-refractivity contribution in [2.45, 2.75) is 38.8 Å². The highest BCUT2D eigenvalue weighted by atomic mass is 16.5. The Kier molecular flexibility index (Phi) is 7.57. The molecule has 0 radical (unpaired) electrons. The van der Waals surface area contributed by atoms with E-state index in [4.69, 9.17) is 9.47 Å². The summed E-state index contributed by atoms with van der Waals surface area (Å²) < 4.78 is 11.6. The van der Waals surface area contributed by atoms with Crippen LogP contribution in [0.3, 0.4) is 0 Å². The Morgan fingerprint density at radius 3 is 2.58 bits per heavy atom. The van der Waals surface area contributed by atoms with Gasteiger partial charge in [0, 0.05) is 46.4 Å². The highest BCUT2D eigenvalue weighted by Gasteiger charge is 2.41. The molecule has 2 aliphatic heterocycles. The van der Waals surface area contributed by atoms with Crippen LogP contribution in [0.2, 0.25) is 0 Å². The van der Waals surface area contributed by atoms with E-state index in [9.17, 15) is 0 Å². The van der Waals surface area contributed by atoms with Crippen LogP contribution in [-0.4, -0.2) is 67.8 Å². The van der Waals surface area contributed by atoms with Crippen molar-refractivity contribution < 1.29 is 9.47 Å². The third-order valence-corrected chi connectivity index (χ3v) is 6.10. The van der Waals surface area contributed by atoms with Gasteiger partial charge >= 0.3 is 0 Å². The minimum atomic E-state index is 0.230. The van der Waals surface area contributed by atoms with E-state index < -0.39 is 0 Å². The molecular weight excluding hydrogens is 388 g/mol. The first-order chi connectivity index (χ1) is 15.3. The van der Waals surface area contributed by atoms with Gasteiger partial charge in [-0.2, -0.15) is 0 Å². The van der Waals surface area contributed by atoms with Crippen LogP contribution < -0.4 is 5.32 Å². The van der Waals surface area contributed by atoms with Crippen molar-refractivity contribution in [1.29, 1.82) is 0 Å². The number of rotatable bonds is 7. The maximum Gasteiger partial charge on any atom is 0.194 e. The normalized spacial score (nSPS) is 21.9. The van der Waals surface area contributed by atoms with Crippen molar-refractivity contribution in [3.8, 4) is 0 Å². The standard InChI is InChI=1S/C25H34N4O2/c1-3-30-19-22-11-9-20(10-12-22)15-27-25(26-2)29-17-23-24(18-29)31-14-13-28(23)16-21-7-5-4-6-8-21/h4-12,23-24H,3,13-19H2,1-2H3,(H,26,27). The van der Waals surface area contributed by atoms with Gasteiger partial charge in [-0.05, 0) is 23.6 Å². The van der Waals surface area contributed by atoms with E-state index >= 15 is 0 Å². The molecule has 0 aliphatic carbocycles. The average Bonchev–Trinajstić information content (AvgIpc) is 3.25. The van der Waals surface area contributed by atoms with E-state index in [1.165, 1.54) is 16.7 Å². The number of benzene rings is 2. The van der Waals surface area contributed by atoms with Crippen molar-refractivity contribution in [2.24, 2.45) is 4.99 Å². The van der Waals surface area contributed by atoms with Crippen LogP contribution in [0, 0.1) is 0 Å². The molecule has 2 atom stereocenters. The van der Waals surface area contributed by atoms with Crippen LogP contribution >= 0.6 is 0 Å². The Labute approximate surface area is 185 Å². The number of fused-ring (bicyclic) bond motifs is 1. The number of likely N-dealkylation sites (tertiary alicyclic amines) is 1. The lowest BCUT2D eigenvalue weighted by molar-refractivity contribution is -0.0502. The average molecular weight is 423 g/mol. The number of nitrogens with one attached hydrogen (secondary N) is 1. The first kappa shape index (κ1) is 21.8. The highest BCUT2D eigenvalue weighted by Crippen LogP contribution is 2.24. The predicted octanol–water partition coefficient (Wildman–Crippen LogP) is 2.88. The summed E-state index contributed by atoms with van der Waals surface area (Å²) in [6.45, 7) is 8.73. The van der Waals surface area contributed by atoms with E-state index in [0.717, 1.165) is 51.9 Å². The summed E-state index contributed by atoms with van der Waals surface area (Å²) in [7, 11) is 1.86. The quantitative estimate of drug-likeness (QED) is 0.549. The molecule has 2 fully saturated rings. The summed E-state index contributed by atoms with van der Waals surface area (Å²) in [6, 6.07) is 19.7. The van der Waals surface area contributed by atoms with Crippen LogP contribution in [0.15, 0.2) is 59.6 Å². The Morgan fingerprint density at radius 1 is 1.06 bits per heavy atom. The van der Waals surface area contributed by atoms with Gasteiger partial charge in [0.15, 0.2) is 5.96 Å². The fourth-order valence-corrected chi connectivity index (χ4v) is 4.43. The molecule has 6 nitrogen and oxygen atoms in total. The van der Waals surface area contributed by atoms with Gasteiger partial charge in [-0.15, -0.1) is 0 Å². The van der Waals surface area contributed by atoms with E-state index in [-0.39, 0.29) is 6.10 Å². The third kappa shape index (κ3) is 5.64. The van der Waals surface area contributed by atoms with Crippen molar-refractivity contribution in [1.82, 2.24) is 15.1 Å². The molecule has 6 heteroatoms. The zero-order chi connectivity index (χ0) is 21.5. The van der Waals surface area contributed by atoms with E-state index in [1.807, 2.05) is 14.0 Å². The summed E-state index contributed by atoms with van der Waals surface area (Å²) in [5, 5.41) is 3.54. The number of aliphatic imine (C=N–C) groups is 1. The Balaban J connectivity index is 1.33. The van der Waals surface area contributed by atoms with Gasteiger partial charge in [-0.3, -0.25) is 9.89 Å². The third-order valence-electron chi connectivity index (χ3n) is 6.10. The molecule has 2 aromatic rings. The molecule has 2 aromatic carbocycles. The van der Waals surface area contributed by atoms with Gasteiger partial charge in [0.05, 0.1) is 25.4 Å². The van der Waals surface area contributed by atoms with Crippen molar-refractivity contribution >= 4 is 5.96 Å². The first-order valence-electron chi connectivity index (χ1n) is 11.3. The molecule has 2 saturated heterocycles. The monoisotopic (exact) mass is 422 g/mol. The Morgan fingerprint density at radius 2 is 1.84 bits per heavy atom. The lowest BCUT2D eigenvalue weighted by atomic mass is 10.1. The Hall–Kier alpha value is -2.41. The number of hydrogen-bond acceptors (Lipinski definition) is 4. The van der Waals surface area contributed by atoms with Gasteiger partial charge in [-0.25, -0.2) is 0 Å². The van der Waals surface area contributed by atoms with E-state index in [2.05, 4.69) is 74.7 Å². The first-order valence-corrected chi connectivity index (χ1v) is 11.3. The summed E-state index contributed by atoms with van der Waals surface area (Å²) >= 11 is 0. The van der Waals surface area contributed by atoms with Crippen molar-refractivity contribution in [3.63, 3.8) is 0 Å². The molecule has 31 heavy (non-hydrogen) atoms. The lowest BCUT2D eigenvalue weighted by Crippen LogP contribution is -2.50. The summed E-state index contributed by atoms with van der Waals surface area (Å²) in [5.74, 6) is 0.941. The maximum atomic E-state index is 6.12. The molecule has 2 aliphatic rings. The SMILES string of the molecule is CCOCc1ccc(CNC(=NC)N2CC3OCCN(Cc4ccccc4)C3C2)cc1. The highest BCUT2D eigenvalue weighted by molar-refractivity contribution is 5.80. The van der Waals surface area contributed by atoms with Crippen LogP contribution in [0.5, 0.6) is 0 Å². The van der Waals surface area contributed by atoms with E-state index in [0.29, 0.717) is 12.6 Å². The molecule has 166 valence electrons. The summed E-state index contributed by atoms with van der Waals surface area (Å²) in [5.41, 5.74) is 3.80. The number of hydrogen-bond donors (Lipinski definition) is 1. The largest absolute Gasteiger partial charge is 0.377 e. The molecule has 0 aromatic heterocycles. The minimum Gasteiger partial charge on any atom is -0.377 e. The second kappa shape index (κ2) is 10.8. The molecule has 0 spiro atoms. The maximum absolute atomic E-state index is 6.12. The van der Waals surface area contributed by atoms with Gasteiger partial charge in [0.2, 0.25) is 0 Å². The molecular formula is C25H34N4O2. The molecule has 2 heterocycles. The smallest absolute Gasteiger partial charge is 0.194 e. The molecule has 2 unspecified atom stereocenters. The second-order valence-corrected chi connectivity index (χ2v) is 8.19. The number of guanidine groups is 1. The van der Waals surface area contributed by atoms with Gasteiger partial charge < -0.3 is 19.7 Å². The summed E-state index contributed by atoms with van der Waals surface area (Å²) in [4.78, 5) is 9.45. The number of ether oxygens (including phenoxy) is 2. The van der Waals surface area contributed by atoms with Gasteiger partial charge in [0.1, 0.15) is 0 Å². The second-order valence-electron chi connectivity index (χ2n) is 8.19. The molecule has 0 amide bonds. The summed E-state index contributed by atoms with van der Waals surface area (Å²) in [6.07, 6.45) is 0.230. The van der Waals surface area contributed by atoms with Crippen LogP contribution in [0.4, 0.5) is 0 Å². The predicted molar refractivity (Wildman–Crippen MR) is 124 cm³/mol. The lowest BCUT2D eigenvalue weighted by Gasteiger charge is -2.36.